The van der Waals surface area contributed by atoms with Crippen LogP contribution < -0.4 is 10.8 Å². The lowest BCUT2D eigenvalue weighted by Crippen LogP contribution is -2.18. The van der Waals surface area contributed by atoms with Crippen LogP contribution in [0.5, 0.6) is 0 Å². The Bertz CT molecular complexity index is 1130. The van der Waals surface area contributed by atoms with Crippen LogP contribution in [-0.4, -0.2) is 40.2 Å². The smallest absolute Gasteiger partial charge is 0.339 e. The van der Waals surface area contributed by atoms with E-state index in [9.17, 15) is 14.3 Å². The number of aromatic carboxylic acids is 1. The van der Waals surface area contributed by atoms with Crippen molar-refractivity contribution in [2.75, 3.05) is 25.1 Å². The Balaban J connectivity index is 0.000000275. The Kier molecular flexibility index (Phi) is 15.4. The predicted molar refractivity (Wildman–Crippen MR) is 157 cm³/mol. The van der Waals surface area contributed by atoms with E-state index in [0.29, 0.717) is 18.7 Å². The topological polar surface area (TPSA) is 97.1 Å². The number of aromatic nitrogens is 2. The van der Waals surface area contributed by atoms with Gasteiger partial charge in [0.2, 0.25) is 0 Å². The van der Waals surface area contributed by atoms with Gasteiger partial charge in [0.25, 0.3) is 0 Å². The van der Waals surface area contributed by atoms with Crippen LogP contribution in [0, 0.1) is 9.39 Å². The van der Waals surface area contributed by atoms with E-state index in [2.05, 4.69) is 29.3 Å². The summed E-state index contributed by atoms with van der Waals surface area (Å²) in [6, 6.07) is 7.79. The molecule has 0 saturated heterocycles. The maximum Gasteiger partial charge on any atom is 0.339 e. The summed E-state index contributed by atoms with van der Waals surface area (Å²) >= 11 is 2.01. The Morgan fingerprint density at radius 1 is 1.13 bits per heavy atom. The van der Waals surface area contributed by atoms with Crippen molar-refractivity contribution >= 4 is 45.6 Å². The molecule has 2 heterocycles. The van der Waals surface area contributed by atoms with Gasteiger partial charge in [0.05, 0.1) is 23.7 Å². The molecule has 3 aromatic rings. The second-order valence-corrected chi connectivity index (χ2v) is 9.84. The van der Waals surface area contributed by atoms with Crippen LogP contribution in [0.15, 0.2) is 55.7 Å². The fourth-order valence-corrected chi connectivity index (χ4v) is 4.11. The summed E-state index contributed by atoms with van der Waals surface area (Å²) in [7, 11) is 0. The predicted octanol–water partition coefficient (Wildman–Crippen LogP) is 7.33. The number of hydroxylamine groups is 1. The third kappa shape index (κ3) is 11.4. The van der Waals surface area contributed by atoms with E-state index < -0.39 is 11.8 Å². The molecule has 0 aliphatic heterocycles. The number of anilines is 2. The molecule has 0 radical (unpaired) electrons. The molecule has 10 heteroatoms. The van der Waals surface area contributed by atoms with Crippen molar-refractivity contribution in [2.24, 2.45) is 0 Å². The number of nitrogens with zero attached hydrogens (tertiary/aromatic N) is 2. The molecule has 208 valence electrons. The van der Waals surface area contributed by atoms with Crippen molar-refractivity contribution in [1.29, 1.82) is 0 Å². The first-order valence-corrected chi connectivity index (χ1v) is 14.0. The van der Waals surface area contributed by atoms with Crippen molar-refractivity contribution in [3.8, 4) is 0 Å². The fourth-order valence-electron chi connectivity index (χ4n) is 3.66. The van der Waals surface area contributed by atoms with Gasteiger partial charge in [-0.2, -0.15) is 0 Å². The van der Waals surface area contributed by atoms with E-state index in [-0.39, 0.29) is 17.1 Å². The van der Waals surface area contributed by atoms with Crippen LogP contribution >= 0.6 is 22.6 Å². The Hall–Kier alpha value is -2.70. The van der Waals surface area contributed by atoms with Crippen LogP contribution in [0.25, 0.3) is 5.52 Å². The summed E-state index contributed by atoms with van der Waals surface area (Å²) in [4.78, 5) is 20.5. The van der Waals surface area contributed by atoms with E-state index in [4.69, 9.17) is 9.57 Å². The first-order valence-electron chi connectivity index (χ1n) is 13.0. The van der Waals surface area contributed by atoms with Crippen molar-refractivity contribution < 1.29 is 23.9 Å². The van der Waals surface area contributed by atoms with Gasteiger partial charge in [0, 0.05) is 10.1 Å². The molecular weight excluding hydrogens is 602 g/mol. The highest BCUT2D eigenvalue weighted by Gasteiger charge is 2.15. The molecule has 1 aromatic carbocycles. The number of ether oxygens (including phenoxy) is 1. The lowest BCUT2D eigenvalue weighted by atomic mass is 10.1. The highest BCUT2D eigenvalue weighted by Crippen LogP contribution is 2.25. The van der Waals surface area contributed by atoms with E-state index in [0.717, 1.165) is 10.1 Å². The van der Waals surface area contributed by atoms with E-state index >= 15 is 0 Å². The molecule has 0 fully saturated rings. The monoisotopic (exact) mass is 640 g/mol. The summed E-state index contributed by atoms with van der Waals surface area (Å²) in [5, 5.41) is 12.1. The maximum atomic E-state index is 14.0. The van der Waals surface area contributed by atoms with Crippen molar-refractivity contribution in [3.63, 3.8) is 0 Å². The van der Waals surface area contributed by atoms with Gasteiger partial charge >= 0.3 is 5.97 Å². The van der Waals surface area contributed by atoms with Gasteiger partial charge in [0.1, 0.15) is 36.7 Å². The normalized spacial score (nSPS) is 10.6. The molecule has 8 nitrogen and oxygen atoms in total. The first-order chi connectivity index (χ1) is 18.5. The number of fused-ring (bicyclic) bond motifs is 1. The van der Waals surface area contributed by atoms with Gasteiger partial charge in [-0.05, 0) is 59.3 Å². The lowest BCUT2D eigenvalue weighted by molar-refractivity contribution is 0.0138. The van der Waals surface area contributed by atoms with Crippen molar-refractivity contribution in [2.45, 2.75) is 58.3 Å². The SMILES string of the molecule is C=COCCONCCCCCCCCCC.O=C(O)c1ccc2cncn2c1Nc1ccc(I)cc1F. The number of hydrogen-bond donors (Lipinski definition) is 3. The van der Waals surface area contributed by atoms with Gasteiger partial charge in [-0.3, -0.25) is 9.24 Å². The quantitative estimate of drug-likeness (QED) is 0.0616. The van der Waals surface area contributed by atoms with E-state index in [1.807, 2.05) is 22.6 Å². The molecule has 0 bridgehead atoms. The molecule has 3 N–H and O–H groups in total. The van der Waals surface area contributed by atoms with Crippen LogP contribution in [-0.2, 0) is 9.57 Å². The lowest BCUT2D eigenvalue weighted by Gasteiger charge is -2.13. The number of benzene rings is 1. The molecule has 38 heavy (non-hydrogen) atoms. The van der Waals surface area contributed by atoms with Crippen molar-refractivity contribution in [3.05, 3.63) is 70.6 Å². The Morgan fingerprint density at radius 2 is 1.87 bits per heavy atom. The van der Waals surface area contributed by atoms with Gasteiger partial charge < -0.3 is 15.2 Å². The fraction of sp³-hybridized carbons (Fsp3) is 0.429. The molecule has 0 unspecified atom stereocenters. The summed E-state index contributed by atoms with van der Waals surface area (Å²) in [6.45, 7) is 7.78. The zero-order chi connectivity index (χ0) is 27.6. The maximum absolute atomic E-state index is 14.0. The minimum atomic E-state index is -1.10. The van der Waals surface area contributed by atoms with Crippen LogP contribution in [0.1, 0.15) is 68.6 Å². The molecule has 2 aromatic heterocycles. The standard InChI is InChI=1S/C14H9FIN3O2.C14H29NO2/c15-11-5-8(16)1-4-12(11)18-13-10(14(20)21)3-2-9-6-17-7-19(9)13;1-3-5-6-7-8-9-10-11-12-15-17-14-13-16-4-2/h1-7,18H,(H,20,21);4,15H,2-3,5-14H2,1H3. The van der Waals surface area contributed by atoms with Gasteiger partial charge in [-0.25, -0.2) is 19.6 Å². The van der Waals surface area contributed by atoms with Crippen molar-refractivity contribution in [1.82, 2.24) is 14.9 Å². The first kappa shape index (κ1) is 31.5. The van der Waals surface area contributed by atoms with Crippen LogP contribution in [0.3, 0.4) is 0 Å². The Labute approximate surface area is 237 Å². The molecule has 0 saturated carbocycles. The molecule has 0 aliphatic rings. The summed E-state index contributed by atoms with van der Waals surface area (Å²) in [5.41, 5.74) is 3.91. The number of pyridine rings is 1. The molecule has 3 rings (SSSR count). The molecular formula is C28H38FIN4O4. The van der Waals surface area contributed by atoms with Crippen LogP contribution in [0.2, 0.25) is 0 Å². The van der Waals surface area contributed by atoms with E-state index in [1.54, 1.807) is 28.8 Å². The molecule has 0 spiro atoms. The second kappa shape index (κ2) is 18.5. The summed E-state index contributed by atoms with van der Waals surface area (Å²) in [6.07, 6.45) is 15.3. The zero-order valence-electron chi connectivity index (χ0n) is 21.9. The molecule has 0 atom stereocenters. The average Bonchev–Trinajstić information content (AvgIpc) is 3.38. The largest absolute Gasteiger partial charge is 0.499 e. The minimum Gasteiger partial charge on any atom is -0.499 e. The average molecular weight is 641 g/mol. The van der Waals surface area contributed by atoms with Gasteiger partial charge in [-0.15, -0.1) is 0 Å². The summed E-state index contributed by atoms with van der Waals surface area (Å²) in [5.74, 6) is -1.29. The number of unbranched alkanes of at least 4 members (excludes halogenated alkanes) is 7. The molecule has 0 amide bonds. The minimum absolute atomic E-state index is 0.0402. The van der Waals surface area contributed by atoms with Gasteiger partial charge in [-0.1, -0.05) is 58.4 Å². The van der Waals surface area contributed by atoms with E-state index in [1.165, 1.54) is 76.1 Å². The number of nitrogens with one attached hydrogen (secondary N) is 2. The third-order valence-corrected chi connectivity index (χ3v) is 6.33. The number of halogens is 2. The number of rotatable bonds is 17. The molecule has 0 aliphatic carbocycles. The van der Waals surface area contributed by atoms with Gasteiger partial charge in [0.15, 0.2) is 0 Å². The number of carbonyl (C=O) groups is 1. The summed E-state index contributed by atoms with van der Waals surface area (Å²) < 4.78 is 21.2. The number of imidazole rings is 1. The highest BCUT2D eigenvalue weighted by molar-refractivity contribution is 14.1. The zero-order valence-corrected chi connectivity index (χ0v) is 24.1. The third-order valence-electron chi connectivity index (χ3n) is 5.65. The number of hydrogen-bond acceptors (Lipinski definition) is 6. The number of carboxylic acid groups (broad SMARTS) is 1. The second-order valence-electron chi connectivity index (χ2n) is 8.59. The van der Waals surface area contributed by atoms with Crippen LogP contribution in [0.4, 0.5) is 15.9 Å². The highest BCUT2D eigenvalue weighted by atomic mass is 127. The Morgan fingerprint density at radius 3 is 2.55 bits per heavy atom. The number of carboxylic acids is 1.